The number of thiophene rings is 1. The van der Waals surface area contributed by atoms with Gasteiger partial charge in [-0.2, -0.15) is 0 Å². The van der Waals surface area contributed by atoms with Crippen LogP contribution in [0.5, 0.6) is 0 Å². The van der Waals surface area contributed by atoms with Gasteiger partial charge in [-0.3, -0.25) is 4.90 Å². The number of hydrogen-bond donors (Lipinski definition) is 1. The molecule has 1 saturated heterocycles. The van der Waals surface area contributed by atoms with Gasteiger partial charge in [-0.15, -0.1) is 11.3 Å². The Bertz CT molecular complexity index is 297. The second kappa shape index (κ2) is 4.43. The smallest absolute Gasteiger partial charge is 0.0471 e. The molecule has 0 spiro atoms. The van der Waals surface area contributed by atoms with E-state index in [2.05, 4.69) is 24.0 Å². The minimum Gasteiger partial charge on any atom is -0.396 e. The van der Waals surface area contributed by atoms with Gasteiger partial charge in [-0.05, 0) is 37.9 Å². The topological polar surface area (TPSA) is 23.5 Å². The highest BCUT2D eigenvalue weighted by Gasteiger charge is 2.21. The Morgan fingerprint density at radius 3 is 3.00 bits per heavy atom. The largest absolute Gasteiger partial charge is 0.396 e. The van der Waals surface area contributed by atoms with Crippen LogP contribution < -0.4 is 0 Å². The van der Waals surface area contributed by atoms with Crippen molar-refractivity contribution in [3.8, 4) is 0 Å². The van der Waals surface area contributed by atoms with Gasteiger partial charge in [0.2, 0.25) is 0 Å². The third-order valence-corrected chi connectivity index (χ3v) is 3.79. The van der Waals surface area contributed by atoms with E-state index in [4.69, 9.17) is 5.11 Å². The molecule has 78 valence electrons. The Kier molecular flexibility index (Phi) is 3.21. The second-order valence-corrected chi connectivity index (χ2v) is 5.46. The molecule has 0 aromatic carbocycles. The van der Waals surface area contributed by atoms with Crippen molar-refractivity contribution in [2.75, 3.05) is 19.7 Å². The summed E-state index contributed by atoms with van der Waals surface area (Å²) in [7, 11) is 0. The van der Waals surface area contributed by atoms with E-state index >= 15 is 0 Å². The monoisotopic (exact) mass is 211 g/mol. The maximum atomic E-state index is 9.03. The van der Waals surface area contributed by atoms with E-state index in [1.807, 2.05) is 11.3 Å². The number of aryl methyl sites for hydroxylation is 1. The van der Waals surface area contributed by atoms with E-state index in [1.54, 1.807) is 0 Å². The van der Waals surface area contributed by atoms with Crippen molar-refractivity contribution in [1.82, 2.24) is 4.90 Å². The molecule has 0 amide bonds. The molecule has 0 aliphatic carbocycles. The lowest BCUT2D eigenvalue weighted by atomic mass is 10.1. The summed E-state index contributed by atoms with van der Waals surface area (Å²) in [4.78, 5) is 5.27. The van der Waals surface area contributed by atoms with Gasteiger partial charge < -0.3 is 5.11 Å². The average Bonchev–Trinajstić information content (AvgIpc) is 2.76. The van der Waals surface area contributed by atoms with Crippen LogP contribution >= 0.6 is 11.3 Å². The molecule has 0 bridgehead atoms. The van der Waals surface area contributed by atoms with Gasteiger partial charge in [0, 0.05) is 29.5 Å². The van der Waals surface area contributed by atoms with Crippen LogP contribution in [0.1, 0.15) is 16.2 Å². The third-order valence-electron chi connectivity index (χ3n) is 2.80. The molecule has 1 N–H and O–H groups in total. The summed E-state index contributed by atoms with van der Waals surface area (Å²) in [6.45, 7) is 5.76. The zero-order valence-electron chi connectivity index (χ0n) is 8.57. The lowest BCUT2D eigenvalue weighted by Crippen LogP contribution is -2.20. The molecule has 0 saturated carbocycles. The standard InChI is InChI=1S/C11H17NOS/c1-9-2-3-11(14-9)7-12-5-4-10(6-12)8-13/h2-3,10,13H,4-8H2,1H3. The molecule has 1 fully saturated rings. The molecule has 2 nitrogen and oxygen atoms in total. The first-order chi connectivity index (χ1) is 6.78. The number of nitrogens with zero attached hydrogens (tertiary/aromatic N) is 1. The molecule has 1 aromatic heterocycles. The van der Waals surface area contributed by atoms with Gasteiger partial charge in [0.15, 0.2) is 0 Å². The van der Waals surface area contributed by atoms with Crippen molar-refractivity contribution in [1.29, 1.82) is 0 Å². The number of likely N-dealkylation sites (tertiary alicyclic amines) is 1. The molecule has 3 heteroatoms. The molecule has 1 atom stereocenters. The highest BCUT2D eigenvalue weighted by molar-refractivity contribution is 7.11. The second-order valence-electron chi connectivity index (χ2n) is 4.08. The lowest BCUT2D eigenvalue weighted by Gasteiger charge is -2.13. The Balaban J connectivity index is 1.87. The van der Waals surface area contributed by atoms with E-state index in [9.17, 15) is 0 Å². The molecule has 1 aliphatic heterocycles. The summed E-state index contributed by atoms with van der Waals surface area (Å²) < 4.78 is 0. The Labute approximate surface area is 89.2 Å². The van der Waals surface area contributed by atoms with Gasteiger partial charge in [-0.25, -0.2) is 0 Å². The van der Waals surface area contributed by atoms with E-state index in [0.717, 1.165) is 26.1 Å². The number of aliphatic hydroxyl groups is 1. The number of rotatable bonds is 3. The van der Waals surface area contributed by atoms with Crippen LogP contribution in [0, 0.1) is 12.8 Å². The van der Waals surface area contributed by atoms with Gasteiger partial charge in [0.25, 0.3) is 0 Å². The summed E-state index contributed by atoms with van der Waals surface area (Å²) in [6.07, 6.45) is 1.15. The zero-order valence-corrected chi connectivity index (χ0v) is 9.39. The van der Waals surface area contributed by atoms with Gasteiger partial charge in [0.05, 0.1) is 0 Å². The third kappa shape index (κ3) is 2.35. The van der Waals surface area contributed by atoms with Crippen LogP contribution in [-0.4, -0.2) is 29.7 Å². The molecule has 2 rings (SSSR count). The van der Waals surface area contributed by atoms with Crippen molar-refractivity contribution < 1.29 is 5.11 Å². The predicted octanol–water partition coefficient (Wildman–Crippen LogP) is 1.87. The Hall–Kier alpha value is -0.380. The molecule has 1 unspecified atom stereocenters. The van der Waals surface area contributed by atoms with Crippen LogP contribution in [0.2, 0.25) is 0 Å². The van der Waals surface area contributed by atoms with E-state index in [-0.39, 0.29) is 0 Å². The number of aliphatic hydroxyl groups excluding tert-OH is 1. The van der Waals surface area contributed by atoms with Crippen LogP contribution in [0.4, 0.5) is 0 Å². The summed E-state index contributed by atoms with van der Waals surface area (Å²) in [5.74, 6) is 0.510. The first-order valence-electron chi connectivity index (χ1n) is 5.16. The number of hydrogen-bond acceptors (Lipinski definition) is 3. The fourth-order valence-electron chi connectivity index (χ4n) is 2.00. The maximum Gasteiger partial charge on any atom is 0.0471 e. The molecule has 1 aliphatic rings. The van der Waals surface area contributed by atoms with E-state index in [1.165, 1.54) is 9.75 Å². The molecular weight excluding hydrogens is 194 g/mol. The van der Waals surface area contributed by atoms with Crippen molar-refractivity contribution in [2.24, 2.45) is 5.92 Å². The molecule has 0 radical (unpaired) electrons. The molecule has 2 heterocycles. The SMILES string of the molecule is Cc1ccc(CN2CCC(CO)C2)s1. The van der Waals surface area contributed by atoms with Crippen LogP contribution in [0.25, 0.3) is 0 Å². The normalized spacial score (nSPS) is 23.1. The molecule has 14 heavy (non-hydrogen) atoms. The maximum absolute atomic E-state index is 9.03. The lowest BCUT2D eigenvalue weighted by molar-refractivity contribution is 0.220. The summed E-state index contributed by atoms with van der Waals surface area (Å²) in [6, 6.07) is 4.39. The minimum absolute atomic E-state index is 0.347. The zero-order chi connectivity index (χ0) is 9.97. The van der Waals surface area contributed by atoms with Gasteiger partial charge in [-0.1, -0.05) is 0 Å². The van der Waals surface area contributed by atoms with Crippen LogP contribution in [0.3, 0.4) is 0 Å². The summed E-state index contributed by atoms with van der Waals surface area (Å²) in [5.41, 5.74) is 0. The van der Waals surface area contributed by atoms with E-state index < -0.39 is 0 Å². The molecular formula is C11H17NOS. The highest BCUT2D eigenvalue weighted by Crippen LogP contribution is 2.21. The van der Waals surface area contributed by atoms with Crippen molar-refractivity contribution >= 4 is 11.3 Å². The fourth-order valence-corrected chi connectivity index (χ4v) is 2.93. The highest BCUT2D eigenvalue weighted by atomic mass is 32.1. The van der Waals surface area contributed by atoms with Crippen LogP contribution in [0.15, 0.2) is 12.1 Å². The van der Waals surface area contributed by atoms with Gasteiger partial charge >= 0.3 is 0 Å². The predicted molar refractivity (Wildman–Crippen MR) is 59.5 cm³/mol. The first-order valence-corrected chi connectivity index (χ1v) is 5.98. The van der Waals surface area contributed by atoms with Crippen LogP contribution in [-0.2, 0) is 6.54 Å². The minimum atomic E-state index is 0.347. The van der Waals surface area contributed by atoms with Crippen molar-refractivity contribution in [3.63, 3.8) is 0 Å². The van der Waals surface area contributed by atoms with E-state index in [0.29, 0.717) is 12.5 Å². The molecule has 1 aromatic rings. The summed E-state index contributed by atoms with van der Waals surface area (Å²) in [5, 5.41) is 9.03. The average molecular weight is 211 g/mol. The Morgan fingerprint density at radius 2 is 2.43 bits per heavy atom. The van der Waals surface area contributed by atoms with Crippen molar-refractivity contribution in [3.05, 3.63) is 21.9 Å². The first kappa shape index (κ1) is 10.1. The van der Waals surface area contributed by atoms with Crippen molar-refractivity contribution in [2.45, 2.75) is 19.9 Å². The Morgan fingerprint density at radius 1 is 1.57 bits per heavy atom. The van der Waals surface area contributed by atoms with Gasteiger partial charge in [0.1, 0.15) is 0 Å². The summed E-state index contributed by atoms with van der Waals surface area (Å²) >= 11 is 1.88. The quantitative estimate of drug-likeness (QED) is 0.825. The fraction of sp³-hybridized carbons (Fsp3) is 0.636.